The predicted molar refractivity (Wildman–Crippen MR) is 178 cm³/mol. The van der Waals surface area contributed by atoms with Crippen LogP contribution in [0.2, 0.25) is 0 Å². The quantitative estimate of drug-likeness (QED) is 0.113. The van der Waals surface area contributed by atoms with Crippen LogP contribution in [-0.2, 0) is 9.59 Å². The number of rotatable bonds is 13. The second kappa shape index (κ2) is 16.0. The van der Waals surface area contributed by atoms with Crippen molar-refractivity contribution in [1.29, 1.82) is 0 Å². The van der Waals surface area contributed by atoms with Gasteiger partial charge in [-0.15, -0.1) is 11.8 Å². The number of carbonyl (C=O) groups is 3. The molecule has 0 saturated heterocycles. The number of nitrogens with one attached hydrogen (secondary N) is 3. The molecule has 9 nitrogen and oxygen atoms in total. The molecule has 0 fully saturated rings. The van der Waals surface area contributed by atoms with E-state index in [1.54, 1.807) is 60.7 Å². The summed E-state index contributed by atoms with van der Waals surface area (Å²) in [6.45, 7) is 1.95. The first-order chi connectivity index (χ1) is 21.8. The van der Waals surface area contributed by atoms with Crippen molar-refractivity contribution in [3.05, 3.63) is 114 Å². The van der Waals surface area contributed by atoms with Crippen LogP contribution in [0.3, 0.4) is 0 Å². The van der Waals surface area contributed by atoms with Crippen molar-refractivity contribution in [2.45, 2.75) is 23.5 Å². The lowest BCUT2D eigenvalue weighted by molar-refractivity contribution is -0.116. The molecule has 3 amide bonds. The van der Waals surface area contributed by atoms with Gasteiger partial charge in [0.15, 0.2) is 11.5 Å². The summed E-state index contributed by atoms with van der Waals surface area (Å²) in [7, 11) is 4.49. The average molecular weight is 626 g/mol. The topological polar surface area (TPSA) is 115 Å². The van der Waals surface area contributed by atoms with Gasteiger partial charge in [0.25, 0.3) is 11.8 Å². The fraction of sp³-hybridized carbons (Fsp3) is 0.171. The lowest BCUT2D eigenvalue weighted by Gasteiger charge is -2.16. The Morgan fingerprint density at radius 3 is 1.98 bits per heavy atom. The van der Waals surface area contributed by atoms with E-state index in [9.17, 15) is 14.4 Å². The number of para-hydroxylation sites is 1. The minimum Gasteiger partial charge on any atom is -0.493 e. The van der Waals surface area contributed by atoms with Gasteiger partial charge in [0, 0.05) is 21.8 Å². The molecule has 0 radical (unpaired) electrons. The summed E-state index contributed by atoms with van der Waals surface area (Å²) >= 11 is 1.40. The molecule has 4 rings (SSSR count). The van der Waals surface area contributed by atoms with E-state index in [-0.39, 0.29) is 16.9 Å². The normalized spacial score (nSPS) is 11.6. The van der Waals surface area contributed by atoms with Gasteiger partial charge >= 0.3 is 0 Å². The van der Waals surface area contributed by atoms with E-state index in [2.05, 4.69) is 16.0 Å². The summed E-state index contributed by atoms with van der Waals surface area (Å²) in [6.07, 6.45) is 2.13. The Hall–Kier alpha value is -5.22. The zero-order valence-corrected chi connectivity index (χ0v) is 26.3. The van der Waals surface area contributed by atoms with E-state index in [1.165, 1.54) is 39.2 Å². The molecule has 0 spiro atoms. The third kappa shape index (κ3) is 8.90. The molecule has 0 aromatic heterocycles. The molecule has 10 heteroatoms. The monoisotopic (exact) mass is 625 g/mol. The zero-order valence-electron chi connectivity index (χ0n) is 25.5. The maximum Gasteiger partial charge on any atom is 0.272 e. The highest BCUT2D eigenvalue weighted by atomic mass is 32.2. The molecule has 4 aromatic rings. The van der Waals surface area contributed by atoms with E-state index in [0.29, 0.717) is 40.5 Å². The standard InChI is InChI=1S/C35H35N3O6S/c1-5-31(35(41)36-25-15-10-7-11-16-25)45-27-18-12-17-26(22-27)37-34(40)28(38-33(39)24-13-8-6-9-14-24)19-23-20-29(42-2)32(44-4)30(21-23)43-3/h6-22,31H,5H2,1-4H3,(H,36,41)(H,37,40)(H,38,39)/b28-19+. The largest absolute Gasteiger partial charge is 0.493 e. The molecule has 1 atom stereocenters. The first-order valence-electron chi connectivity index (χ1n) is 14.2. The van der Waals surface area contributed by atoms with Crippen molar-refractivity contribution < 1.29 is 28.6 Å². The number of hydrogen-bond donors (Lipinski definition) is 3. The number of benzene rings is 4. The lowest BCUT2D eigenvalue weighted by Crippen LogP contribution is -2.30. The first-order valence-corrected chi connectivity index (χ1v) is 15.0. The molecular formula is C35H35N3O6S. The number of hydrogen-bond acceptors (Lipinski definition) is 7. The van der Waals surface area contributed by atoms with E-state index in [1.807, 2.05) is 43.3 Å². The lowest BCUT2D eigenvalue weighted by atomic mass is 10.1. The van der Waals surface area contributed by atoms with E-state index < -0.39 is 11.8 Å². The molecular weight excluding hydrogens is 590 g/mol. The van der Waals surface area contributed by atoms with Crippen molar-refractivity contribution in [1.82, 2.24) is 5.32 Å². The molecule has 0 aliphatic heterocycles. The molecule has 0 aliphatic rings. The molecule has 45 heavy (non-hydrogen) atoms. The van der Waals surface area contributed by atoms with Crippen LogP contribution in [-0.4, -0.2) is 44.3 Å². The molecule has 3 N–H and O–H groups in total. The Balaban J connectivity index is 1.59. The smallest absolute Gasteiger partial charge is 0.272 e. The minimum absolute atomic E-state index is 0.00939. The summed E-state index contributed by atoms with van der Waals surface area (Å²) in [4.78, 5) is 40.5. The number of amides is 3. The summed E-state index contributed by atoms with van der Waals surface area (Å²) in [6, 6.07) is 28.4. The molecule has 0 saturated carbocycles. The van der Waals surface area contributed by atoms with Crippen LogP contribution in [0.5, 0.6) is 17.2 Å². The van der Waals surface area contributed by atoms with Gasteiger partial charge < -0.3 is 30.2 Å². The highest BCUT2D eigenvalue weighted by Crippen LogP contribution is 2.38. The van der Waals surface area contributed by atoms with Gasteiger partial charge in [-0.1, -0.05) is 49.4 Å². The van der Waals surface area contributed by atoms with Gasteiger partial charge in [0.05, 0.1) is 26.6 Å². The van der Waals surface area contributed by atoms with E-state index in [0.717, 1.165) is 10.6 Å². The van der Waals surface area contributed by atoms with Gasteiger partial charge in [-0.3, -0.25) is 14.4 Å². The zero-order chi connectivity index (χ0) is 32.2. The number of thioether (sulfide) groups is 1. The third-order valence-electron chi connectivity index (χ3n) is 6.60. The SMILES string of the molecule is CCC(Sc1cccc(NC(=O)/C(=C\c2cc(OC)c(OC)c(OC)c2)NC(=O)c2ccccc2)c1)C(=O)Nc1ccccc1. The van der Waals surface area contributed by atoms with Gasteiger partial charge in [-0.25, -0.2) is 0 Å². The predicted octanol–water partition coefficient (Wildman–Crippen LogP) is 6.63. The van der Waals surface area contributed by atoms with Crippen molar-refractivity contribution in [3.63, 3.8) is 0 Å². The fourth-order valence-corrected chi connectivity index (χ4v) is 5.38. The van der Waals surface area contributed by atoms with E-state index in [4.69, 9.17) is 14.2 Å². The first kappa shape index (κ1) is 32.7. The summed E-state index contributed by atoms with van der Waals surface area (Å²) < 4.78 is 16.3. The average Bonchev–Trinajstić information content (AvgIpc) is 3.07. The van der Waals surface area contributed by atoms with Crippen LogP contribution >= 0.6 is 11.8 Å². The van der Waals surface area contributed by atoms with Crippen LogP contribution in [0, 0.1) is 0 Å². The Labute approximate surface area is 267 Å². The van der Waals surface area contributed by atoms with Crippen LogP contribution in [0.4, 0.5) is 11.4 Å². The van der Waals surface area contributed by atoms with Crippen LogP contribution in [0.1, 0.15) is 29.3 Å². The maximum absolute atomic E-state index is 13.7. The van der Waals surface area contributed by atoms with Crippen LogP contribution in [0.15, 0.2) is 108 Å². The van der Waals surface area contributed by atoms with Gasteiger partial charge in [-0.05, 0) is 72.7 Å². The van der Waals surface area contributed by atoms with Crippen molar-refractivity contribution in [3.8, 4) is 17.2 Å². The Morgan fingerprint density at radius 2 is 1.38 bits per heavy atom. The highest BCUT2D eigenvalue weighted by molar-refractivity contribution is 8.00. The minimum atomic E-state index is -0.552. The molecule has 0 aliphatic carbocycles. The summed E-state index contributed by atoms with van der Waals surface area (Å²) in [5.41, 5.74) is 2.13. The third-order valence-corrected chi connectivity index (χ3v) is 7.96. The van der Waals surface area contributed by atoms with Crippen molar-refractivity contribution >= 4 is 46.9 Å². The Morgan fingerprint density at radius 1 is 0.756 bits per heavy atom. The van der Waals surface area contributed by atoms with Crippen molar-refractivity contribution in [2.75, 3.05) is 32.0 Å². The van der Waals surface area contributed by atoms with Gasteiger partial charge in [-0.2, -0.15) is 0 Å². The van der Waals surface area contributed by atoms with Crippen molar-refractivity contribution in [2.24, 2.45) is 0 Å². The second-order valence-corrected chi connectivity index (χ2v) is 11.0. The number of anilines is 2. The van der Waals surface area contributed by atoms with Gasteiger partial charge in [0.2, 0.25) is 11.7 Å². The van der Waals surface area contributed by atoms with Gasteiger partial charge in [0.1, 0.15) is 5.70 Å². The summed E-state index contributed by atoms with van der Waals surface area (Å²) in [5.74, 6) is 0.0662. The Bertz CT molecular complexity index is 1640. The van der Waals surface area contributed by atoms with Crippen LogP contribution in [0.25, 0.3) is 6.08 Å². The molecule has 4 aromatic carbocycles. The molecule has 0 bridgehead atoms. The maximum atomic E-state index is 13.7. The second-order valence-electron chi connectivity index (χ2n) is 9.69. The summed E-state index contributed by atoms with van der Waals surface area (Å²) in [5, 5.41) is 8.22. The number of ether oxygens (including phenoxy) is 3. The fourth-order valence-electron chi connectivity index (χ4n) is 4.37. The van der Waals surface area contributed by atoms with Crippen LogP contribution < -0.4 is 30.2 Å². The molecule has 0 heterocycles. The molecule has 232 valence electrons. The molecule has 1 unspecified atom stereocenters. The highest BCUT2D eigenvalue weighted by Gasteiger charge is 2.20. The Kier molecular flexibility index (Phi) is 11.6. The van der Waals surface area contributed by atoms with E-state index >= 15 is 0 Å². The number of methoxy groups -OCH3 is 3. The number of carbonyl (C=O) groups excluding carboxylic acids is 3.